The highest BCUT2D eigenvalue weighted by Crippen LogP contribution is 2.29. The summed E-state index contributed by atoms with van der Waals surface area (Å²) in [6, 6.07) is 15.6. The number of hydrogen-bond donors (Lipinski definition) is 1. The molecule has 1 N–H and O–H groups in total. The molecule has 194 valence electrons. The van der Waals surface area contributed by atoms with Gasteiger partial charge in [0, 0.05) is 31.2 Å². The molecular formula is C27H35N3O5S. The quantitative estimate of drug-likeness (QED) is 0.446. The summed E-state index contributed by atoms with van der Waals surface area (Å²) >= 11 is 0. The van der Waals surface area contributed by atoms with Gasteiger partial charge in [0.1, 0.15) is 18.0 Å². The summed E-state index contributed by atoms with van der Waals surface area (Å²) in [6.45, 7) is 8.94. The monoisotopic (exact) mass is 513 g/mol. The Balaban J connectivity index is 1.30. The van der Waals surface area contributed by atoms with Crippen LogP contribution in [0, 0.1) is 5.92 Å². The van der Waals surface area contributed by atoms with Gasteiger partial charge in [0.05, 0.1) is 10.4 Å². The van der Waals surface area contributed by atoms with Crippen LogP contribution in [0.2, 0.25) is 0 Å². The van der Waals surface area contributed by atoms with Gasteiger partial charge in [-0.1, -0.05) is 24.3 Å². The van der Waals surface area contributed by atoms with E-state index in [1.807, 2.05) is 26.8 Å². The molecule has 1 aliphatic heterocycles. The van der Waals surface area contributed by atoms with Crippen LogP contribution in [0.4, 0.5) is 4.79 Å². The Morgan fingerprint density at radius 1 is 1.08 bits per heavy atom. The molecular weight excluding hydrogens is 478 g/mol. The zero-order chi connectivity index (χ0) is 25.8. The zero-order valence-corrected chi connectivity index (χ0v) is 22.0. The number of amides is 1. The Bertz CT molecular complexity index is 1280. The standard InChI is InChI=1S/C27H35N3O5S/c1-27(2,3)35-26(31)29-16-8-9-21(20-29)19-28-15-18-34-25-13-7-12-24-23(25)14-17-30(24)36(32,33)22-10-5-4-6-11-22/h4-7,10-14,17,21,28H,8-9,15-16,18-20H2,1-3H3. The average Bonchev–Trinajstić information content (AvgIpc) is 3.29. The van der Waals surface area contributed by atoms with E-state index in [0.717, 1.165) is 31.3 Å². The second-order valence-electron chi connectivity index (χ2n) is 10.1. The maximum Gasteiger partial charge on any atom is 0.410 e. The Labute approximate surface area is 213 Å². The highest BCUT2D eigenvalue weighted by Gasteiger charge is 2.27. The fourth-order valence-corrected chi connectivity index (χ4v) is 5.79. The van der Waals surface area contributed by atoms with Crippen LogP contribution in [0.15, 0.2) is 65.7 Å². The van der Waals surface area contributed by atoms with Crippen LogP contribution < -0.4 is 10.1 Å². The molecule has 2 heterocycles. The van der Waals surface area contributed by atoms with Gasteiger partial charge in [0.2, 0.25) is 0 Å². The van der Waals surface area contributed by atoms with Gasteiger partial charge in [-0.25, -0.2) is 17.2 Å². The molecule has 1 aromatic heterocycles. The van der Waals surface area contributed by atoms with Gasteiger partial charge >= 0.3 is 6.09 Å². The first-order chi connectivity index (χ1) is 17.1. The molecule has 0 saturated carbocycles. The van der Waals surface area contributed by atoms with E-state index in [4.69, 9.17) is 9.47 Å². The van der Waals surface area contributed by atoms with Crippen LogP contribution >= 0.6 is 0 Å². The molecule has 1 atom stereocenters. The summed E-state index contributed by atoms with van der Waals surface area (Å²) in [7, 11) is -3.69. The van der Waals surface area contributed by atoms with Crippen LogP contribution in [0.1, 0.15) is 33.6 Å². The normalized spacial score (nSPS) is 16.8. The van der Waals surface area contributed by atoms with Crippen molar-refractivity contribution in [1.29, 1.82) is 0 Å². The van der Waals surface area contributed by atoms with Crippen molar-refractivity contribution >= 4 is 27.0 Å². The lowest BCUT2D eigenvalue weighted by atomic mass is 9.98. The molecule has 0 bridgehead atoms. The number of fused-ring (bicyclic) bond motifs is 1. The van der Waals surface area contributed by atoms with Crippen molar-refractivity contribution in [3.05, 3.63) is 60.8 Å². The number of nitrogens with zero attached hydrogens (tertiary/aromatic N) is 2. The fraction of sp³-hybridized carbons (Fsp3) is 0.444. The maximum absolute atomic E-state index is 13.1. The minimum absolute atomic E-state index is 0.242. The summed E-state index contributed by atoms with van der Waals surface area (Å²) in [4.78, 5) is 14.4. The van der Waals surface area contributed by atoms with Crippen molar-refractivity contribution in [2.24, 2.45) is 5.92 Å². The van der Waals surface area contributed by atoms with Gasteiger partial charge < -0.3 is 19.7 Å². The first kappa shape index (κ1) is 26.0. The molecule has 1 aliphatic rings. The lowest BCUT2D eigenvalue weighted by molar-refractivity contribution is 0.0166. The van der Waals surface area contributed by atoms with E-state index in [2.05, 4.69) is 5.32 Å². The van der Waals surface area contributed by atoms with E-state index < -0.39 is 15.6 Å². The molecule has 1 fully saturated rings. The molecule has 2 aromatic carbocycles. The summed E-state index contributed by atoms with van der Waals surface area (Å²) in [5, 5.41) is 4.17. The van der Waals surface area contributed by atoms with Crippen LogP contribution in [0.5, 0.6) is 5.75 Å². The van der Waals surface area contributed by atoms with Crippen LogP contribution in [-0.2, 0) is 14.8 Å². The number of likely N-dealkylation sites (tertiary alicyclic amines) is 1. The van der Waals surface area contributed by atoms with Crippen molar-refractivity contribution in [1.82, 2.24) is 14.2 Å². The van der Waals surface area contributed by atoms with Crippen LogP contribution in [0.3, 0.4) is 0 Å². The smallest absolute Gasteiger partial charge is 0.410 e. The molecule has 0 radical (unpaired) electrons. The van der Waals surface area contributed by atoms with E-state index in [-0.39, 0.29) is 11.0 Å². The number of hydrogen-bond acceptors (Lipinski definition) is 6. The molecule has 0 aliphatic carbocycles. The number of benzene rings is 2. The van der Waals surface area contributed by atoms with Crippen molar-refractivity contribution < 1.29 is 22.7 Å². The lowest BCUT2D eigenvalue weighted by Gasteiger charge is -2.34. The van der Waals surface area contributed by atoms with Crippen molar-refractivity contribution in [3.8, 4) is 5.75 Å². The van der Waals surface area contributed by atoms with E-state index >= 15 is 0 Å². The Morgan fingerprint density at radius 3 is 2.61 bits per heavy atom. The Kier molecular flexibility index (Phi) is 7.90. The van der Waals surface area contributed by atoms with Gasteiger partial charge in [0.25, 0.3) is 10.0 Å². The number of piperidine rings is 1. The summed E-state index contributed by atoms with van der Waals surface area (Å²) < 4.78 is 39.0. The Morgan fingerprint density at radius 2 is 1.86 bits per heavy atom. The predicted octanol–water partition coefficient (Wildman–Crippen LogP) is 4.49. The molecule has 1 unspecified atom stereocenters. The molecule has 8 nitrogen and oxygen atoms in total. The number of carbonyl (C=O) groups excluding carboxylic acids is 1. The molecule has 1 saturated heterocycles. The molecule has 3 aromatic rings. The van der Waals surface area contributed by atoms with Crippen LogP contribution in [-0.4, -0.2) is 61.8 Å². The third-order valence-electron chi connectivity index (χ3n) is 6.10. The maximum atomic E-state index is 13.1. The zero-order valence-electron chi connectivity index (χ0n) is 21.1. The second-order valence-corrected chi connectivity index (χ2v) is 11.9. The molecule has 0 spiro atoms. The SMILES string of the molecule is CC(C)(C)OC(=O)N1CCCC(CNCCOc2cccc3c2ccn3S(=O)(=O)c2ccccc2)C1. The van der Waals surface area contributed by atoms with E-state index in [1.54, 1.807) is 59.6 Å². The lowest BCUT2D eigenvalue weighted by Crippen LogP contribution is -2.45. The number of carbonyl (C=O) groups is 1. The molecule has 1 amide bonds. The van der Waals surface area contributed by atoms with Gasteiger partial charge in [-0.05, 0) is 76.4 Å². The number of ether oxygens (including phenoxy) is 2. The third kappa shape index (κ3) is 6.20. The molecule has 9 heteroatoms. The van der Waals surface area contributed by atoms with E-state index in [1.165, 1.54) is 3.97 Å². The predicted molar refractivity (Wildman–Crippen MR) is 140 cm³/mol. The Hall–Kier alpha value is -3.04. The fourth-order valence-electron chi connectivity index (χ4n) is 4.42. The minimum Gasteiger partial charge on any atom is -0.492 e. The topological polar surface area (TPSA) is 89.9 Å². The summed E-state index contributed by atoms with van der Waals surface area (Å²) in [6.07, 6.45) is 3.35. The van der Waals surface area contributed by atoms with E-state index in [9.17, 15) is 13.2 Å². The summed E-state index contributed by atoms with van der Waals surface area (Å²) in [5.74, 6) is 1.01. The van der Waals surface area contributed by atoms with Gasteiger partial charge in [0.15, 0.2) is 0 Å². The molecule has 4 rings (SSSR count). The highest BCUT2D eigenvalue weighted by molar-refractivity contribution is 7.90. The van der Waals surface area contributed by atoms with Crippen molar-refractivity contribution in [2.45, 2.75) is 44.1 Å². The van der Waals surface area contributed by atoms with Gasteiger partial charge in [-0.3, -0.25) is 0 Å². The average molecular weight is 514 g/mol. The highest BCUT2D eigenvalue weighted by atomic mass is 32.2. The number of aromatic nitrogens is 1. The van der Waals surface area contributed by atoms with Gasteiger partial charge in [-0.15, -0.1) is 0 Å². The van der Waals surface area contributed by atoms with E-state index in [0.29, 0.717) is 36.9 Å². The first-order valence-corrected chi connectivity index (χ1v) is 13.8. The number of rotatable bonds is 8. The van der Waals surface area contributed by atoms with Gasteiger partial charge in [-0.2, -0.15) is 0 Å². The molecule has 36 heavy (non-hydrogen) atoms. The van der Waals surface area contributed by atoms with Crippen LogP contribution in [0.25, 0.3) is 10.9 Å². The summed E-state index contributed by atoms with van der Waals surface area (Å²) in [5.41, 5.74) is 0.0867. The largest absolute Gasteiger partial charge is 0.492 e. The first-order valence-electron chi connectivity index (χ1n) is 12.4. The second kappa shape index (κ2) is 10.9. The van der Waals surface area contributed by atoms with Crippen molar-refractivity contribution in [3.63, 3.8) is 0 Å². The van der Waals surface area contributed by atoms with Crippen molar-refractivity contribution in [2.75, 3.05) is 32.8 Å². The minimum atomic E-state index is -3.69. The third-order valence-corrected chi connectivity index (χ3v) is 7.80. The number of nitrogens with one attached hydrogen (secondary N) is 1.